The maximum atomic E-state index is 5.62. The second-order valence-corrected chi connectivity index (χ2v) is 6.08. The van der Waals surface area contributed by atoms with Crippen molar-refractivity contribution >= 4 is 0 Å². The summed E-state index contributed by atoms with van der Waals surface area (Å²) in [6.45, 7) is 12.7. The van der Waals surface area contributed by atoms with Crippen LogP contribution in [0.5, 0.6) is 0 Å². The average molecular weight is 281 g/mol. The van der Waals surface area contributed by atoms with E-state index in [1.165, 1.54) is 5.56 Å². The van der Waals surface area contributed by atoms with Gasteiger partial charge in [-0.15, -0.1) is 0 Å². The third-order valence-electron chi connectivity index (χ3n) is 3.54. The average Bonchev–Trinajstić information content (AvgIpc) is 2.79. The summed E-state index contributed by atoms with van der Waals surface area (Å²) in [6, 6.07) is 3.11. The van der Waals surface area contributed by atoms with E-state index in [1.54, 1.807) is 6.26 Å². The van der Waals surface area contributed by atoms with Gasteiger partial charge in [0.15, 0.2) is 0 Å². The Labute approximate surface area is 124 Å². The molecule has 1 rings (SSSR count). The van der Waals surface area contributed by atoms with Crippen LogP contribution in [-0.4, -0.2) is 49.1 Å². The van der Waals surface area contributed by atoms with E-state index in [0.29, 0.717) is 12.1 Å². The molecule has 1 aromatic rings. The summed E-state index contributed by atoms with van der Waals surface area (Å²) < 4.78 is 5.62. The van der Waals surface area contributed by atoms with E-state index >= 15 is 0 Å². The molecular weight excluding hydrogens is 250 g/mol. The summed E-state index contributed by atoms with van der Waals surface area (Å²) in [7, 11) is 4.25. The minimum Gasteiger partial charge on any atom is -0.468 e. The standard InChI is InChI=1S/C16H31N3O/c1-7-19(14(4)11-18(5)6)12-15-8-9-20-16(15)10-17-13(2)3/h8-9,13-14,17H,7,10-12H2,1-6H3. The summed E-state index contributed by atoms with van der Waals surface area (Å²) in [5, 5.41) is 3.42. The van der Waals surface area contributed by atoms with Crippen molar-refractivity contribution in [1.82, 2.24) is 15.1 Å². The van der Waals surface area contributed by atoms with Crippen LogP contribution in [0.15, 0.2) is 16.7 Å². The minimum atomic E-state index is 0.475. The van der Waals surface area contributed by atoms with E-state index in [2.05, 4.69) is 63.0 Å². The number of nitrogens with one attached hydrogen (secondary N) is 1. The summed E-state index contributed by atoms with van der Waals surface area (Å²) in [4.78, 5) is 4.73. The van der Waals surface area contributed by atoms with E-state index < -0.39 is 0 Å². The Hall–Kier alpha value is -0.840. The molecule has 1 atom stereocenters. The van der Waals surface area contributed by atoms with E-state index in [-0.39, 0.29) is 0 Å². The van der Waals surface area contributed by atoms with Crippen molar-refractivity contribution < 1.29 is 4.42 Å². The van der Waals surface area contributed by atoms with Gasteiger partial charge in [-0.3, -0.25) is 4.90 Å². The van der Waals surface area contributed by atoms with Gasteiger partial charge in [-0.2, -0.15) is 0 Å². The van der Waals surface area contributed by atoms with Gasteiger partial charge in [-0.1, -0.05) is 20.8 Å². The Morgan fingerprint density at radius 2 is 1.95 bits per heavy atom. The quantitative estimate of drug-likeness (QED) is 0.754. The van der Waals surface area contributed by atoms with Crippen LogP contribution >= 0.6 is 0 Å². The third kappa shape index (κ3) is 5.65. The molecule has 0 bridgehead atoms. The van der Waals surface area contributed by atoms with Gasteiger partial charge in [-0.25, -0.2) is 0 Å². The molecule has 0 amide bonds. The molecule has 116 valence electrons. The largest absolute Gasteiger partial charge is 0.468 e. The SMILES string of the molecule is CCN(Cc1ccoc1CNC(C)C)C(C)CN(C)C. The number of hydrogen-bond donors (Lipinski definition) is 1. The molecule has 0 radical (unpaired) electrons. The summed E-state index contributed by atoms with van der Waals surface area (Å²) in [5.41, 5.74) is 1.30. The van der Waals surface area contributed by atoms with Crippen molar-refractivity contribution in [3.8, 4) is 0 Å². The molecule has 0 aliphatic rings. The normalized spacial score (nSPS) is 13.7. The lowest BCUT2D eigenvalue weighted by atomic mass is 10.2. The van der Waals surface area contributed by atoms with E-state index in [0.717, 1.165) is 31.9 Å². The van der Waals surface area contributed by atoms with Gasteiger partial charge >= 0.3 is 0 Å². The second-order valence-electron chi connectivity index (χ2n) is 6.08. The van der Waals surface area contributed by atoms with Crippen molar-refractivity contribution in [2.24, 2.45) is 0 Å². The van der Waals surface area contributed by atoms with Gasteiger partial charge in [-0.05, 0) is 33.6 Å². The van der Waals surface area contributed by atoms with Gasteiger partial charge in [0.1, 0.15) is 5.76 Å². The molecular formula is C16H31N3O. The van der Waals surface area contributed by atoms with Crippen molar-refractivity contribution in [2.45, 2.75) is 52.9 Å². The fraction of sp³-hybridized carbons (Fsp3) is 0.750. The molecule has 4 nitrogen and oxygen atoms in total. The number of nitrogens with zero attached hydrogens (tertiary/aromatic N) is 2. The molecule has 20 heavy (non-hydrogen) atoms. The highest BCUT2D eigenvalue weighted by atomic mass is 16.3. The van der Waals surface area contributed by atoms with Crippen LogP contribution in [0, 0.1) is 0 Å². The van der Waals surface area contributed by atoms with Crippen LogP contribution in [-0.2, 0) is 13.1 Å². The zero-order valence-electron chi connectivity index (χ0n) is 13.9. The molecule has 0 saturated carbocycles. The number of rotatable bonds is 9. The Morgan fingerprint density at radius 1 is 1.25 bits per heavy atom. The van der Waals surface area contributed by atoms with Crippen molar-refractivity contribution in [3.63, 3.8) is 0 Å². The fourth-order valence-corrected chi connectivity index (χ4v) is 2.40. The molecule has 0 fully saturated rings. The van der Waals surface area contributed by atoms with Crippen LogP contribution in [0.2, 0.25) is 0 Å². The first-order valence-electron chi connectivity index (χ1n) is 7.61. The first-order valence-corrected chi connectivity index (χ1v) is 7.61. The lowest BCUT2D eigenvalue weighted by Crippen LogP contribution is -2.39. The highest BCUT2D eigenvalue weighted by molar-refractivity contribution is 5.17. The van der Waals surface area contributed by atoms with Crippen LogP contribution in [0.3, 0.4) is 0 Å². The molecule has 0 saturated heterocycles. The minimum absolute atomic E-state index is 0.475. The van der Waals surface area contributed by atoms with Gasteiger partial charge in [0.25, 0.3) is 0 Å². The molecule has 0 aromatic carbocycles. The fourth-order valence-electron chi connectivity index (χ4n) is 2.40. The van der Waals surface area contributed by atoms with Gasteiger partial charge in [0.2, 0.25) is 0 Å². The Balaban J connectivity index is 2.63. The summed E-state index contributed by atoms with van der Waals surface area (Å²) in [6.07, 6.45) is 1.80. The zero-order valence-corrected chi connectivity index (χ0v) is 13.9. The van der Waals surface area contributed by atoms with Gasteiger partial charge in [0.05, 0.1) is 12.8 Å². The van der Waals surface area contributed by atoms with Crippen molar-refractivity contribution in [3.05, 3.63) is 23.7 Å². The smallest absolute Gasteiger partial charge is 0.122 e. The predicted octanol–water partition coefficient (Wildman–Crippen LogP) is 2.55. The molecule has 1 heterocycles. The molecule has 0 aliphatic carbocycles. The van der Waals surface area contributed by atoms with Crippen LogP contribution in [0.4, 0.5) is 0 Å². The molecule has 1 N–H and O–H groups in total. The Morgan fingerprint density at radius 3 is 2.50 bits per heavy atom. The highest BCUT2D eigenvalue weighted by Gasteiger charge is 2.16. The van der Waals surface area contributed by atoms with Crippen molar-refractivity contribution in [2.75, 3.05) is 27.2 Å². The maximum Gasteiger partial charge on any atom is 0.122 e. The zero-order chi connectivity index (χ0) is 15.1. The predicted molar refractivity (Wildman–Crippen MR) is 84.8 cm³/mol. The molecule has 4 heteroatoms. The van der Waals surface area contributed by atoms with E-state index in [1.807, 2.05) is 0 Å². The molecule has 0 aliphatic heterocycles. The first-order chi connectivity index (χ1) is 9.43. The first kappa shape index (κ1) is 17.2. The monoisotopic (exact) mass is 281 g/mol. The number of likely N-dealkylation sites (N-methyl/N-ethyl adjacent to an activating group) is 2. The maximum absolute atomic E-state index is 5.62. The van der Waals surface area contributed by atoms with E-state index in [9.17, 15) is 0 Å². The summed E-state index contributed by atoms with van der Waals surface area (Å²) >= 11 is 0. The number of furan rings is 1. The Kier molecular flexibility index (Phi) is 7.27. The lowest BCUT2D eigenvalue weighted by Gasteiger charge is -2.29. The van der Waals surface area contributed by atoms with Crippen LogP contribution < -0.4 is 5.32 Å². The van der Waals surface area contributed by atoms with Crippen LogP contribution in [0.25, 0.3) is 0 Å². The molecule has 0 spiro atoms. The van der Waals surface area contributed by atoms with Crippen LogP contribution in [0.1, 0.15) is 39.0 Å². The lowest BCUT2D eigenvalue weighted by molar-refractivity contribution is 0.173. The highest BCUT2D eigenvalue weighted by Crippen LogP contribution is 2.15. The second kappa shape index (κ2) is 8.45. The Bertz CT molecular complexity index is 374. The number of hydrogen-bond acceptors (Lipinski definition) is 4. The summed E-state index contributed by atoms with van der Waals surface area (Å²) in [5.74, 6) is 1.06. The van der Waals surface area contributed by atoms with Crippen molar-refractivity contribution in [1.29, 1.82) is 0 Å². The topological polar surface area (TPSA) is 31.7 Å². The van der Waals surface area contributed by atoms with Gasteiger partial charge < -0.3 is 14.6 Å². The molecule has 1 aromatic heterocycles. The third-order valence-corrected chi connectivity index (χ3v) is 3.54. The molecule has 1 unspecified atom stereocenters. The van der Waals surface area contributed by atoms with E-state index in [4.69, 9.17) is 4.42 Å². The van der Waals surface area contributed by atoms with Gasteiger partial charge in [0, 0.05) is 30.7 Å².